The molecule has 0 bridgehead atoms. The maximum Gasteiger partial charge on any atom is 0.304 e. The molecule has 0 radical (unpaired) electrons. The van der Waals surface area contributed by atoms with E-state index in [2.05, 4.69) is 44.5 Å². The maximum absolute atomic E-state index is 10.9. The summed E-state index contributed by atoms with van der Waals surface area (Å²) in [5, 5.41) is 8.98. The summed E-state index contributed by atoms with van der Waals surface area (Å²) < 4.78 is 0. The molecule has 1 fully saturated rings. The van der Waals surface area contributed by atoms with Crippen LogP contribution < -0.4 is 0 Å². The van der Waals surface area contributed by atoms with Crippen molar-refractivity contribution in [3.05, 3.63) is 0 Å². The summed E-state index contributed by atoms with van der Waals surface area (Å²) in [5.41, 5.74) is 0.0429. The van der Waals surface area contributed by atoms with Crippen molar-refractivity contribution < 1.29 is 9.90 Å². The maximum atomic E-state index is 10.9. The van der Waals surface area contributed by atoms with Crippen molar-refractivity contribution in [2.45, 2.75) is 51.7 Å². The molecule has 0 amide bonds. The molecule has 0 aliphatic carbocycles. The van der Waals surface area contributed by atoms with Gasteiger partial charge in [-0.15, -0.1) is 0 Å². The molecular weight excluding hydrogens is 204 g/mol. The first-order valence-corrected chi connectivity index (χ1v) is 5.93. The highest BCUT2D eigenvalue weighted by Gasteiger charge is 2.40. The van der Waals surface area contributed by atoms with Gasteiger partial charge in [0.2, 0.25) is 0 Å². The third kappa shape index (κ3) is 2.95. The van der Waals surface area contributed by atoms with Gasteiger partial charge in [0, 0.05) is 30.7 Å². The molecular formula is C12H24N2O2. The Morgan fingerprint density at radius 1 is 1.50 bits per heavy atom. The van der Waals surface area contributed by atoms with E-state index in [1.165, 1.54) is 0 Å². The van der Waals surface area contributed by atoms with Gasteiger partial charge in [-0.1, -0.05) is 0 Å². The molecule has 1 heterocycles. The molecule has 94 valence electrons. The molecule has 0 aromatic rings. The molecule has 1 aliphatic rings. The molecule has 4 nitrogen and oxygen atoms in total. The van der Waals surface area contributed by atoms with Crippen molar-refractivity contribution in [3.8, 4) is 0 Å². The summed E-state index contributed by atoms with van der Waals surface area (Å²) in [4.78, 5) is 15.5. The Morgan fingerprint density at radius 2 is 2.06 bits per heavy atom. The van der Waals surface area contributed by atoms with Crippen LogP contribution in [0, 0.1) is 0 Å². The van der Waals surface area contributed by atoms with Crippen LogP contribution in [0.3, 0.4) is 0 Å². The van der Waals surface area contributed by atoms with Crippen LogP contribution in [0.5, 0.6) is 0 Å². The van der Waals surface area contributed by atoms with Gasteiger partial charge in [0.15, 0.2) is 0 Å². The highest BCUT2D eigenvalue weighted by molar-refractivity contribution is 5.67. The smallest absolute Gasteiger partial charge is 0.304 e. The molecule has 1 saturated heterocycles. The third-order valence-electron chi connectivity index (χ3n) is 3.24. The first-order valence-electron chi connectivity index (χ1n) is 5.93. The second kappa shape index (κ2) is 4.72. The molecule has 0 spiro atoms. The van der Waals surface area contributed by atoms with Crippen LogP contribution in [0.25, 0.3) is 0 Å². The lowest BCUT2D eigenvalue weighted by Gasteiger charge is -2.52. The zero-order chi connectivity index (χ0) is 12.5. The van der Waals surface area contributed by atoms with E-state index in [-0.39, 0.29) is 18.0 Å². The summed E-state index contributed by atoms with van der Waals surface area (Å²) in [6.07, 6.45) is 0.228. The normalized spacial score (nSPS) is 27.2. The Balaban J connectivity index is 2.88. The van der Waals surface area contributed by atoms with Crippen LogP contribution in [-0.4, -0.2) is 58.6 Å². The number of rotatable bonds is 3. The fourth-order valence-electron chi connectivity index (χ4n) is 3.23. The van der Waals surface area contributed by atoms with Gasteiger partial charge in [0.1, 0.15) is 0 Å². The van der Waals surface area contributed by atoms with Crippen molar-refractivity contribution in [3.63, 3.8) is 0 Å². The topological polar surface area (TPSA) is 43.8 Å². The van der Waals surface area contributed by atoms with E-state index in [1.807, 2.05) is 0 Å². The lowest BCUT2D eigenvalue weighted by Crippen LogP contribution is -2.65. The molecule has 1 aliphatic heterocycles. The first-order chi connectivity index (χ1) is 7.24. The number of carbonyl (C=O) groups is 1. The molecule has 0 aromatic carbocycles. The van der Waals surface area contributed by atoms with Crippen LogP contribution >= 0.6 is 0 Å². The molecule has 1 rings (SSSR count). The van der Waals surface area contributed by atoms with Crippen molar-refractivity contribution in [1.29, 1.82) is 0 Å². The second-order valence-electron chi connectivity index (χ2n) is 5.76. The summed E-state index contributed by atoms with van der Waals surface area (Å²) >= 11 is 0. The molecule has 1 unspecified atom stereocenters. The van der Waals surface area contributed by atoms with Crippen LogP contribution in [0.15, 0.2) is 0 Å². The van der Waals surface area contributed by atoms with E-state index in [4.69, 9.17) is 5.11 Å². The SMILES string of the molecule is CC(C)N1C(CC(=O)O)CN(C)CC1(C)C. The van der Waals surface area contributed by atoms with E-state index < -0.39 is 5.97 Å². The highest BCUT2D eigenvalue weighted by Crippen LogP contribution is 2.28. The fourth-order valence-corrected chi connectivity index (χ4v) is 3.23. The minimum atomic E-state index is -0.707. The number of carboxylic acid groups (broad SMARTS) is 1. The summed E-state index contributed by atoms with van der Waals surface area (Å²) in [7, 11) is 2.06. The Labute approximate surface area is 98.2 Å². The van der Waals surface area contributed by atoms with E-state index in [0.29, 0.717) is 6.04 Å². The third-order valence-corrected chi connectivity index (χ3v) is 3.24. The average molecular weight is 228 g/mol. The quantitative estimate of drug-likeness (QED) is 0.790. The van der Waals surface area contributed by atoms with Gasteiger partial charge in [-0.2, -0.15) is 0 Å². The summed E-state index contributed by atoms with van der Waals surface area (Å²) in [6, 6.07) is 0.499. The van der Waals surface area contributed by atoms with Crippen LogP contribution in [0.2, 0.25) is 0 Å². The Hall–Kier alpha value is -0.610. The monoisotopic (exact) mass is 228 g/mol. The lowest BCUT2D eigenvalue weighted by atomic mass is 9.92. The Kier molecular flexibility index (Phi) is 3.97. The van der Waals surface area contributed by atoms with Gasteiger partial charge in [-0.25, -0.2) is 0 Å². The number of aliphatic carboxylic acids is 1. The minimum Gasteiger partial charge on any atom is -0.481 e. The lowest BCUT2D eigenvalue weighted by molar-refractivity contribution is -0.141. The molecule has 1 atom stereocenters. The number of piperazine rings is 1. The highest BCUT2D eigenvalue weighted by atomic mass is 16.4. The number of nitrogens with zero attached hydrogens (tertiary/aromatic N) is 2. The van der Waals surface area contributed by atoms with Crippen LogP contribution in [0.1, 0.15) is 34.1 Å². The Bertz CT molecular complexity index is 264. The van der Waals surface area contributed by atoms with Gasteiger partial charge >= 0.3 is 5.97 Å². The molecule has 0 aromatic heterocycles. The van der Waals surface area contributed by atoms with Crippen molar-refractivity contribution in [1.82, 2.24) is 9.80 Å². The molecule has 1 N–H and O–H groups in total. The number of hydrogen-bond donors (Lipinski definition) is 1. The van der Waals surface area contributed by atoms with Gasteiger partial charge in [0.25, 0.3) is 0 Å². The van der Waals surface area contributed by atoms with Gasteiger partial charge in [0.05, 0.1) is 6.42 Å². The predicted molar refractivity (Wildman–Crippen MR) is 64.6 cm³/mol. The van der Waals surface area contributed by atoms with Gasteiger partial charge in [-0.05, 0) is 34.7 Å². The van der Waals surface area contributed by atoms with E-state index >= 15 is 0 Å². The average Bonchev–Trinajstić information content (AvgIpc) is 1.96. The van der Waals surface area contributed by atoms with Crippen LogP contribution in [0.4, 0.5) is 0 Å². The van der Waals surface area contributed by atoms with Gasteiger partial charge in [-0.3, -0.25) is 9.69 Å². The summed E-state index contributed by atoms with van der Waals surface area (Å²) in [6.45, 7) is 10.5. The van der Waals surface area contributed by atoms with E-state index in [0.717, 1.165) is 13.1 Å². The van der Waals surface area contributed by atoms with E-state index in [1.54, 1.807) is 0 Å². The zero-order valence-electron chi connectivity index (χ0n) is 11.0. The van der Waals surface area contributed by atoms with E-state index in [9.17, 15) is 4.79 Å². The minimum absolute atomic E-state index is 0.0429. The number of carboxylic acids is 1. The largest absolute Gasteiger partial charge is 0.481 e. The number of likely N-dealkylation sites (N-methyl/N-ethyl adjacent to an activating group) is 1. The number of hydrogen-bond acceptors (Lipinski definition) is 3. The first kappa shape index (κ1) is 13.5. The second-order valence-corrected chi connectivity index (χ2v) is 5.76. The van der Waals surface area contributed by atoms with Crippen LogP contribution in [-0.2, 0) is 4.79 Å². The van der Waals surface area contributed by atoms with Crippen molar-refractivity contribution in [2.75, 3.05) is 20.1 Å². The van der Waals surface area contributed by atoms with Crippen molar-refractivity contribution >= 4 is 5.97 Å². The standard InChI is InChI=1S/C12H24N2O2/c1-9(2)14-10(6-11(15)16)7-13(5)8-12(14,3)4/h9-10H,6-8H2,1-5H3,(H,15,16). The zero-order valence-corrected chi connectivity index (χ0v) is 11.0. The fraction of sp³-hybridized carbons (Fsp3) is 0.917. The Morgan fingerprint density at radius 3 is 2.50 bits per heavy atom. The molecule has 16 heavy (non-hydrogen) atoms. The van der Waals surface area contributed by atoms with Crippen molar-refractivity contribution in [2.24, 2.45) is 0 Å². The van der Waals surface area contributed by atoms with Gasteiger partial charge < -0.3 is 10.0 Å². The summed E-state index contributed by atoms with van der Waals surface area (Å²) in [5.74, 6) is -0.707. The molecule has 0 saturated carbocycles. The molecule has 4 heteroatoms. The predicted octanol–water partition coefficient (Wildman–Crippen LogP) is 1.26.